The molecular weight excluding hydrogens is 488 g/mol. The maximum atomic E-state index is 5.02. The highest BCUT2D eigenvalue weighted by Gasteiger charge is 2.61. The minimum absolute atomic E-state index is 0.119. The van der Waals surface area contributed by atoms with Crippen LogP contribution in [0.25, 0.3) is 45.3 Å². The van der Waals surface area contributed by atoms with E-state index in [1.165, 1.54) is 54.4 Å². The van der Waals surface area contributed by atoms with E-state index in [1.54, 1.807) is 0 Å². The van der Waals surface area contributed by atoms with Crippen LogP contribution < -0.4 is 0 Å². The minimum Gasteiger partial charge on any atom is -0.264 e. The zero-order valence-electron chi connectivity index (χ0n) is 22.4. The summed E-state index contributed by atoms with van der Waals surface area (Å²) in [5, 5.41) is 0. The Morgan fingerprint density at radius 2 is 1.10 bits per heavy atom. The zero-order valence-corrected chi connectivity index (χ0v) is 22.4. The zero-order chi connectivity index (χ0) is 26.3. The molecule has 4 fully saturated rings. The Hall–Kier alpha value is -4.18. The molecule has 0 atom stereocenters. The van der Waals surface area contributed by atoms with Gasteiger partial charge in [0.25, 0.3) is 0 Å². The van der Waals surface area contributed by atoms with Gasteiger partial charge in [0, 0.05) is 34.5 Å². The fourth-order valence-corrected chi connectivity index (χ4v) is 9.12. The third-order valence-electron chi connectivity index (χ3n) is 10.4. The van der Waals surface area contributed by atoms with Crippen molar-refractivity contribution in [3.8, 4) is 45.3 Å². The molecule has 194 valence electrons. The van der Waals surface area contributed by atoms with Gasteiger partial charge < -0.3 is 0 Å². The molecule has 40 heavy (non-hydrogen) atoms. The lowest BCUT2D eigenvalue weighted by atomic mass is 9.43. The standard InChI is InChI=1S/C36H30N4/c1-3-7-24(8-4-1)33-38-34(25-9-5-2-6-10-25)40-35(39-33)26-11-12-31-30(20-26)29-13-14-37-21-32(29)36(31)27-16-22-15-23(18-27)19-28(36)17-22/h1-14,20-23,27-28H,15-19H2. The molecule has 0 radical (unpaired) electrons. The minimum atomic E-state index is 0.119. The van der Waals surface area contributed by atoms with Crippen molar-refractivity contribution in [3.63, 3.8) is 0 Å². The van der Waals surface area contributed by atoms with E-state index in [0.29, 0.717) is 11.6 Å². The average molecular weight is 519 g/mol. The summed E-state index contributed by atoms with van der Waals surface area (Å²) in [6.07, 6.45) is 11.1. The van der Waals surface area contributed by atoms with E-state index < -0.39 is 0 Å². The Morgan fingerprint density at radius 1 is 0.525 bits per heavy atom. The number of pyridine rings is 1. The first kappa shape index (κ1) is 22.6. The molecule has 0 aliphatic heterocycles. The molecular formula is C36H30N4. The predicted molar refractivity (Wildman–Crippen MR) is 157 cm³/mol. The van der Waals surface area contributed by atoms with Crippen LogP contribution in [0, 0.1) is 23.7 Å². The predicted octanol–water partition coefficient (Wildman–Crippen LogP) is 7.99. The number of rotatable bonds is 3. The van der Waals surface area contributed by atoms with Crippen LogP contribution in [0.3, 0.4) is 0 Å². The number of hydrogen-bond acceptors (Lipinski definition) is 4. The first-order chi connectivity index (χ1) is 19.8. The lowest BCUT2D eigenvalue weighted by Gasteiger charge is -2.61. The lowest BCUT2D eigenvalue weighted by molar-refractivity contribution is -0.0400. The van der Waals surface area contributed by atoms with Crippen LogP contribution in [-0.2, 0) is 5.41 Å². The van der Waals surface area contributed by atoms with E-state index in [0.717, 1.165) is 46.2 Å². The van der Waals surface area contributed by atoms with Crippen molar-refractivity contribution in [3.05, 3.63) is 108 Å². The summed E-state index contributed by atoms with van der Waals surface area (Å²) < 4.78 is 0. The summed E-state index contributed by atoms with van der Waals surface area (Å²) in [5.74, 6) is 5.43. The Balaban J connectivity index is 1.23. The molecule has 5 aliphatic rings. The molecule has 5 aliphatic carbocycles. The van der Waals surface area contributed by atoms with Crippen LogP contribution in [0.4, 0.5) is 0 Å². The van der Waals surface area contributed by atoms with E-state index in [4.69, 9.17) is 15.0 Å². The van der Waals surface area contributed by atoms with Crippen molar-refractivity contribution in [1.82, 2.24) is 19.9 Å². The molecule has 4 bridgehead atoms. The van der Waals surface area contributed by atoms with Crippen LogP contribution in [-0.4, -0.2) is 19.9 Å². The van der Waals surface area contributed by atoms with Crippen LogP contribution in [0.5, 0.6) is 0 Å². The number of benzene rings is 3. The maximum Gasteiger partial charge on any atom is 0.164 e. The summed E-state index contributed by atoms with van der Waals surface area (Å²) >= 11 is 0. The van der Waals surface area contributed by atoms with Gasteiger partial charge in [-0.15, -0.1) is 0 Å². The van der Waals surface area contributed by atoms with Gasteiger partial charge in [0.2, 0.25) is 0 Å². The van der Waals surface area contributed by atoms with Crippen molar-refractivity contribution >= 4 is 0 Å². The monoisotopic (exact) mass is 518 g/mol. The average Bonchev–Trinajstić information content (AvgIpc) is 3.30. The summed E-state index contributed by atoms with van der Waals surface area (Å²) in [7, 11) is 0. The van der Waals surface area contributed by atoms with Gasteiger partial charge in [0.05, 0.1) is 0 Å². The van der Waals surface area contributed by atoms with Gasteiger partial charge in [-0.25, -0.2) is 15.0 Å². The highest BCUT2D eigenvalue weighted by atomic mass is 15.0. The van der Waals surface area contributed by atoms with Gasteiger partial charge in [-0.2, -0.15) is 0 Å². The number of fused-ring (bicyclic) bond motifs is 3. The fourth-order valence-electron chi connectivity index (χ4n) is 9.12. The Kier molecular flexibility index (Phi) is 4.75. The van der Waals surface area contributed by atoms with Crippen molar-refractivity contribution < 1.29 is 0 Å². The molecule has 2 heterocycles. The molecule has 5 aromatic rings. The van der Waals surface area contributed by atoms with E-state index in [1.807, 2.05) is 42.6 Å². The molecule has 4 heteroatoms. The van der Waals surface area contributed by atoms with Gasteiger partial charge >= 0.3 is 0 Å². The normalized spacial score (nSPS) is 27.1. The molecule has 0 unspecified atom stereocenters. The first-order valence-electron chi connectivity index (χ1n) is 14.7. The molecule has 2 aromatic heterocycles. The molecule has 10 rings (SSSR count). The molecule has 0 amide bonds. The van der Waals surface area contributed by atoms with Gasteiger partial charge in [-0.3, -0.25) is 4.98 Å². The Labute approximate surface area is 234 Å². The maximum absolute atomic E-state index is 5.02. The van der Waals surface area contributed by atoms with Crippen LogP contribution in [0.2, 0.25) is 0 Å². The van der Waals surface area contributed by atoms with E-state index in [2.05, 4.69) is 59.7 Å². The van der Waals surface area contributed by atoms with Crippen LogP contribution >= 0.6 is 0 Å². The molecule has 4 nitrogen and oxygen atoms in total. The number of hydrogen-bond donors (Lipinski definition) is 0. The number of nitrogens with zero attached hydrogens (tertiary/aromatic N) is 4. The summed E-state index contributed by atoms with van der Waals surface area (Å²) in [6.45, 7) is 0. The lowest BCUT2D eigenvalue weighted by Crippen LogP contribution is -2.55. The van der Waals surface area contributed by atoms with Gasteiger partial charge in [0.1, 0.15) is 0 Å². The van der Waals surface area contributed by atoms with Crippen molar-refractivity contribution in [2.45, 2.75) is 37.5 Å². The number of aromatic nitrogens is 4. The van der Waals surface area contributed by atoms with Crippen molar-refractivity contribution in [2.75, 3.05) is 0 Å². The van der Waals surface area contributed by atoms with Crippen LogP contribution in [0.1, 0.15) is 43.2 Å². The van der Waals surface area contributed by atoms with Gasteiger partial charge in [0.15, 0.2) is 17.5 Å². The third-order valence-corrected chi connectivity index (χ3v) is 10.4. The Morgan fingerprint density at radius 3 is 1.70 bits per heavy atom. The molecule has 0 N–H and O–H groups in total. The molecule has 4 saturated carbocycles. The molecule has 0 saturated heterocycles. The molecule has 3 aromatic carbocycles. The fraction of sp³-hybridized carbons (Fsp3) is 0.278. The topological polar surface area (TPSA) is 51.6 Å². The SMILES string of the molecule is c1ccc(-c2nc(-c3ccccc3)nc(-c3ccc4c(c3)-c3ccncc3C43C4CC5CC(C4)CC3C5)n2)cc1. The smallest absolute Gasteiger partial charge is 0.164 e. The quantitative estimate of drug-likeness (QED) is 0.243. The molecule has 1 spiro atoms. The highest BCUT2D eigenvalue weighted by molar-refractivity contribution is 5.84. The van der Waals surface area contributed by atoms with E-state index >= 15 is 0 Å². The second-order valence-electron chi connectivity index (χ2n) is 12.4. The first-order valence-corrected chi connectivity index (χ1v) is 14.7. The summed E-state index contributed by atoms with van der Waals surface area (Å²) in [5.41, 5.74) is 8.86. The van der Waals surface area contributed by atoms with Crippen molar-refractivity contribution in [1.29, 1.82) is 0 Å². The summed E-state index contributed by atoms with van der Waals surface area (Å²) in [6, 6.07) is 29.7. The third kappa shape index (κ3) is 3.13. The van der Waals surface area contributed by atoms with Crippen molar-refractivity contribution in [2.24, 2.45) is 23.7 Å². The van der Waals surface area contributed by atoms with Crippen LogP contribution in [0.15, 0.2) is 97.3 Å². The second-order valence-corrected chi connectivity index (χ2v) is 12.4. The second kappa shape index (κ2) is 8.41. The largest absolute Gasteiger partial charge is 0.264 e. The highest BCUT2D eigenvalue weighted by Crippen LogP contribution is 2.69. The van der Waals surface area contributed by atoms with Gasteiger partial charge in [-0.1, -0.05) is 72.8 Å². The van der Waals surface area contributed by atoms with E-state index in [9.17, 15) is 0 Å². The van der Waals surface area contributed by atoms with E-state index in [-0.39, 0.29) is 5.41 Å². The van der Waals surface area contributed by atoms with Gasteiger partial charge in [-0.05, 0) is 90.2 Å². The summed E-state index contributed by atoms with van der Waals surface area (Å²) in [4.78, 5) is 19.6. The Bertz CT molecular complexity index is 1680.